The molecule has 4 nitrogen and oxygen atoms in total. The molecule has 2 aliphatic heterocycles. The fourth-order valence-corrected chi connectivity index (χ4v) is 3.07. The van der Waals surface area contributed by atoms with Crippen LogP contribution in [0.25, 0.3) is 0 Å². The van der Waals surface area contributed by atoms with Crippen molar-refractivity contribution in [2.24, 2.45) is 5.92 Å². The monoisotopic (exact) mass is 226 g/mol. The van der Waals surface area contributed by atoms with Crippen molar-refractivity contribution in [2.45, 2.75) is 44.7 Å². The first-order chi connectivity index (χ1) is 7.72. The van der Waals surface area contributed by atoms with Gasteiger partial charge in [-0.2, -0.15) is 0 Å². The molecule has 2 rings (SSSR count). The number of aliphatic carboxylic acids is 1. The van der Waals surface area contributed by atoms with E-state index in [0.717, 1.165) is 32.5 Å². The molecule has 0 aliphatic carbocycles. The molecule has 4 heteroatoms. The highest BCUT2D eigenvalue weighted by atomic mass is 16.4. The Morgan fingerprint density at radius 2 is 2.38 bits per heavy atom. The van der Waals surface area contributed by atoms with Gasteiger partial charge in [0.1, 0.15) is 6.04 Å². The predicted octanol–water partition coefficient (Wildman–Crippen LogP) is 0.924. The van der Waals surface area contributed by atoms with Crippen molar-refractivity contribution in [2.75, 3.05) is 19.6 Å². The maximum atomic E-state index is 11.2. The summed E-state index contributed by atoms with van der Waals surface area (Å²) in [5, 5.41) is 12.7. The number of nitrogens with one attached hydrogen (secondary N) is 1. The molecule has 2 heterocycles. The Balaban J connectivity index is 1.96. The maximum Gasteiger partial charge on any atom is 0.320 e. The second-order valence-electron chi connectivity index (χ2n) is 5.06. The van der Waals surface area contributed by atoms with Crippen molar-refractivity contribution in [1.82, 2.24) is 10.2 Å². The van der Waals surface area contributed by atoms with Crippen molar-refractivity contribution in [3.63, 3.8) is 0 Å². The molecule has 0 bridgehead atoms. The van der Waals surface area contributed by atoms with Crippen LogP contribution in [0.3, 0.4) is 0 Å². The number of fused-ring (bicyclic) bond motifs is 1. The molecule has 2 saturated heterocycles. The summed E-state index contributed by atoms with van der Waals surface area (Å²) >= 11 is 0. The first-order valence-electron chi connectivity index (χ1n) is 6.42. The van der Waals surface area contributed by atoms with Crippen LogP contribution >= 0.6 is 0 Å². The summed E-state index contributed by atoms with van der Waals surface area (Å²) in [6.07, 6.45) is 4.21. The number of piperidine rings is 1. The largest absolute Gasteiger partial charge is 0.480 e. The van der Waals surface area contributed by atoms with Crippen molar-refractivity contribution in [1.29, 1.82) is 0 Å². The average molecular weight is 226 g/mol. The number of hydrogen-bond acceptors (Lipinski definition) is 3. The lowest BCUT2D eigenvalue weighted by Gasteiger charge is -2.25. The van der Waals surface area contributed by atoms with E-state index in [1.165, 1.54) is 12.8 Å². The van der Waals surface area contributed by atoms with Gasteiger partial charge in [0.15, 0.2) is 0 Å². The van der Waals surface area contributed by atoms with Crippen LogP contribution in [0.4, 0.5) is 0 Å². The van der Waals surface area contributed by atoms with E-state index in [2.05, 4.69) is 17.1 Å². The van der Waals surface area contributed by atoms with Gasteiger partial charge in [-0.1, -0.05) is 13.3 Å². The van der Waals surface area contributed by atoms with E-state index < -0.39 is 5.97 Å². The zero-order valence-electron chi connectivity index (χ0n) is 9.98. The van der Waals surface area contributed by atoms with Crippen molar-refractivity contribution in [3.05, 3.63) is 0 Å². The summed E-state index contributed by atoms with van der Waals surface area (Å²) in [5.41, 5.74) is 0. The SMILES string of the molecule is CCCC(C(=O)O)N1CC2CCCNC2C1. The van der Waals surface area contributed by atoms with Crippen molar-refractivity contribution in [3.8, 4) is 0 Å². The Morgan fingerprint density at radius 1 is 1.56 bits per heavy atom. The molecule has 2 N–H and O–H groups in total. The highest BCUT2D eigenvalue weighted by Gasteiger charge is 2.38. The summed E-state index contributed by atoms with van der Waals surface area (Å²) in [6.45, 7) is 5.04. The third-order valence-corrected chi connectivity index (χ3v) is 3.92. The number of nitrogens with zero attached hydrogens (tertiary/aromatic N) is 1. The van der Waals surface area contributed by atoms with Gasteiger partial charge in [0.2, 0.25) is 0 Å². The molecule has 3 unspecified atom stereocenters. The molecular weight excluding hydrogens is 204 g/mol. The number of rotatable bonds is 4. The van der Waals surface area contributed by atoms with Crippen LogP contribution in [0.2, 0.25) is 0 Å². The van der Waals surface area contributed by atoms with E-state index in [9.17, 15) is 9.90 Å². The predicted molar refractivity (Wildman–Crippen MR) is 62.4 cm³/mol. The first kappa shape index (κ1) is 11.9. The summed E-state index contributed by atoms with van der Waals surface area (Å²) in [7, 11) is 0. The van der Waals surface area contributed by atoms with Gasteiger partial charge < -0.3 is 10.4 Å². The number of likely N-dealkylation sites (tertiary alicyclic amines) is 1. The molecule has 0 amide bonds. The Labute approximate surface area is 97.0 Å². The minimum absolute atomic E-state index is 0.266. The Kier molecular flexibility index (Phi) is 3.82. The van der Waals surface area contributed by atoms with Crippen LogP contribution in [-0.4, -0.2) is 47.7 Å². The summed E-state index contributed by atoms with van der Waals surface area (Å²) in [5.74, 6) is 0.0213. The second-order valence-corrected chi connectivity index (χ2v) is 5.06. The van der Waals surface area contributed by atoms with E-state index in [4.69, 9.17) is 0 Å². The highest BCUT2D eigenvalue weighted by Crippen LogP contribution is 2.27. The topological polar surface area (TPSA) is 52.6 Å². The smallest absolute Gasteiger partial charge is 0.320 e. The van der Waals surface area contributed by atoms with Gasteiger partial charge in [0, 0.05) is 19.1 Å². The Bertz CT molecular complexity index is 243. The lowest BCUT2D eigenvalue weighted by molar-refractivity contribution is -0.143. The van der Waals surface area contributed by atoms with Crippen LogP contribution in [0.1, 0.15) is 32.6 Å². The number of carboxylic acid groups (broad SMARTS) is 1. The minimum atomic E-state index is -0.652. The van der Waals surface area contributed by atoms with Crippen molar-refractivity contribution < 1.29 is 9.90 Å². The van der Waals surface area contributed by atoms with Gasteiger partial charge in [0.25, 0.3) is 0 Å². The van der Waals surface area contributed by atoms with Gasteiger partial charge in [0.05, 0.1) is 0 Å². The van der Waals surface area contributed by atoms with Crippen LogP contribution in [-0.2, 0) is 4.79 Å². The summed E-state index contributed by atoms with van der Waals surface area (Å²) in [6, 6.07) is 0.268. The standard InChI is InChI=1S/C12H22N2O2/c1-2-4-11(12(15)16)14-7-9-5-3-6-13-10(9)8-14/h9-11,13H,2-8H2,1H3,(H,15,16). The molecule has 0 aromatic rings. The van der Waals surface area contributed by atoms with Gasteiger partial charge in [-0.3, -0.25) is 9.69 Å². The molecule has 0 aromatic heterocycles. The molecule has 0 aromatic carbocycles. The van der Waals surface area contributed by atoms with Gasteiger partial charge >= 0.3 is 5.97 Å². The third-order valence-electron chi connectivity index (χ3n) is 3.92. The Morgan fingerprint density at radius 3 is 3.00 bits per heavy atom. The lowest BCUT2D eigenvalue weighted by Crippen LogP contribution is -2.43. The molecule has 2 fully saturated rings. The summed E-state index contributed by atoms with van der Waals surface area (Å²) in [4.78, 5) is 13.4. The van der Waals surface area contributed by atoms with Gasteiger partial charge in [-0.15, -0.1) is 0 Å². The number of carboxylic acids is 1. The first-order valence-corrected chi connectivity index (χ1v) is 6.42. The quantitative estimate of drug-likeness (QED) is 0.748. The fraction of sp³-hybridized carbons (Fsp3) is 0.917. The van der Waals surface area contributed by atoms with Crippen LogP contribution < -0.4 is 5.32 Å². The number of carbonyl (C=O) groups is 1. The summed E-state index contributed by atoms with van der Waals surface area (Å²) < 4.78 is 0. The fourth-order valence-electron chi connectivity index (χ4n) is 3.07. The Hall–Kier alpha value is -0.610. The van der Waals surface area contributed by atoms with E-state index in [-0.39, 0.29) is 6.04 Å². The lowest BCUT2D eigenvalue weighted by atomic mass is 9.94. The second kappa shape index (κ2) is 5.15. The number of hydrogen-bond donors (Lipinski definition) is 2. The molecule has 0 spiro atoms. The minimum Gasteiger partial charge on any atom is -0.480 e. The molecule has 2 aliphatic rings. The van der Waals surface area contributed by atoms with Crippen LogP contribution in [0.15, 0.2) is 0 Å². The van der Waals surface area contributed by atoms with E-state index in [1.807, 2.05) is 0 Å². The van der Waals surface area contributed by atoms with E-state index >= 15 is 0 Å². The molecule has 92 valence electrons. The van der Waals surface area contributed by atoms with Crippen LogP contribution in [0, 0.1) is 5.92 Å². The zero-order valence-corrected chi connectivity index (χ0v) is 9.98. The van der Waals surface area contributed by atoms with Gasteiger partial charge in [-0.05, 0) is 31.7 Å². The molecule has 0 saturated carbocycles. The van der Waals surface area contributed by atoms with E-state index in [1.54, 1.807) is 0 Å². The van der Waals surface area contributed by atoms with E-state index in [0.29, 0.717) is 12.0 Å². The van der Waals surface area contributed by atoms with Crippen molar-refractivity contribution >= 4 is 5.97 Å². The highest BCUT2D eigenvalue weighted by molar-refractivity contribution is 5.73. The average Bonchev–Trinajstić information content (AvgIpc) is 2.68. The molecule has 16 heavy (non-hydrogen) atoms. The zero-order chi connectivity index (χ0) is 11.5. The third kappa shape index (κ3) is 2.38. The normalized spacial score (nSPS) is 32.3. The molecule has 3 atom stereocenters. The molecule has 0 radical (unpaired) electrons. The maximum absolute atomic E-state index is 11.2. The van der Waals surface area contributed by atoms with Crippen LogP contribution in [0.5, 0.6) is 0 Å². The molecular formula is C12H22N2O2. The van der Waals surface area contributed by atoms with Gasteiger partial charge in [-0.25, -0.2) is 0 Å².